The molecule has 0 fully saturated rings. The van der Waals surface area contributed by atoms with Gasteiger partial charge in [-0.2, -0.15) is 97.3 Å². The van der Waals surface area contributed by atoms with Gasteiger partial charge in [-0.15, -0.1) is 29.8 Å². The zero-order valence-electron chi connectivity index (χ0n) is 26.1. The van der Waals surface area contributed by atoms with E-state index >= 15 is 0 Å². The molecule has 1 heteroatoms. The summed E-state index contributed by atoms with van der Waals surface area (Å²) in [7, 11) is 0. The average molecular weight is 670 g/mol. The molecule has 7 aromatic rings. The van der Waals surface area contributed by atoms with Crippen molar-refractivity contribution >= 4 is 3.21 Å². The molecule has 1 aliphatic carbocycles. The maximum Gasteiger partial charge on any atom is -0.0253 e. The first kappa shape index (κ1) is 34.0. The number of hydrogen-bond donors (Lipinski definition) is 0. The smallest absolute Gasteiger partial charge is 0.0253 e. The summed E-state index contributed by atoms with van der Waals surface area (Å²) in [5.41, 5.74) is 10.3. The average Bonchev–Trinajstić information content (AvgIpc) is 3.83. The second kappa shape index (κ2) is 19.5. The standard InChI is InChI=1S/C13H9.C13H10.2C7H7.C5H5.Zr/c1-3-7-12-10(5-1)9-11-6-2-4-8-13(11)12;1-3-7-12(8-4-1)11-13-9-5-2-6-10-13;2*1-7-5-3-2-4-6-7;1-2-4-5-3-1;/h1-5,7-8H,9H2;1-10H;2*2-6H,1H2;1-5H;/q-1;;3*-1;. The molecule has 0 atom stereocenters. The molecule has 0 saturated heterocycles. The first-order chi connectivity index (χ1) is 22.6. The molecule has 226 valence electrons. The van der Waals surface area contributed by atoms with Gasteiger partial charge in [0.05, 0.1) is 0 Å². The van der Waals surface area contributed by atoms with Crippen LogP contribution in [0.2, 0.25) is 0 Å². The normalized spacial score (nSPS) is 9.89. The van der Waals surface area contributed by atoms with Crippen LogP contribution in [0.5, 0.6) is 0 Å². The molecule has 0 unspecified atom stereocenters. The first-order valence-corrected chi connectivity index (χ1v) is 16.5. The van der Waals surface area contributed by atoms with Gasteiger partial charge in [0.1, 0.15) is 0 Å². The molecule has 0 nitrogen and oxygen atoms in total. The van der Waals surface area contributed by atoms with Gasteiger partial charge < -0.3 is 0 Å². The third kappa shape index (κ3) is 11.6. The summed E-state index contributed by atoms with van der Waals surface area (Å²) in [6.07, 6.45) is 1.05. The zero-order valence-corrected chi connectivity index (χ0v) is 28.6. The monoisotopic (exact) mass is 668 g/mol. The van der Waals surface area contributed by atoms with Gasteiger partial charge in [-0.05, 0) is 6.42 Å². The van der Waals surface area contributed by atoms with Gasteiger partial charge in [0.15, 0.2) is 0 Å². The Bertz CT molecular complexity index is 1670. The van der Waals surface area contributed by atoms with E-state index in [0.29, 0.717) is 0 Å². The van der Waals surface area contributed by atoms with E-state index in [1.54, 1.807) is 0 Å². The van der Waals surface area contributed by atoms with Crippen molar-refractivity contribution in [2.24, 2.45) is 0 Å². The fraction of sp³-hybridized carbons (Fsp3) is 0.0222. The van der Waals surface area contributed by atoms with Crippen LogP contribution in [0.25, 0.3) is 11.1 Å². The van der Waals surface area contributed by atoms with Crippen molar-refractivity contribution in [1.82, 2.24) is 0 Å². The van der Waals surface area contributed by atoms with E-state index in [4.69, 9.17) is 0 Å². The molecule has 46 heavy (non-hydrogen) atoms. The van der Waals surface area contributed by atoms with Crippen LogP contribution < -0.4 is 0 Å². The Labute approximate surface area is 290 Å². The Hall–Kier alpha value is -4.84. The summed E-state index contributed by atoms with van der Waals surface area (Å²) >= 11 is 1.46. The van der Waals surface area contributed by atoms with E-state index in [0.717, 1.165) is 17.5 Å². The van der Waals surface area contributed by atoms with Gasteiger partial charge in [-0.3, -0.25) is 0 Å². The zero-order chi connectivity index (χ0) is 32.2. The summed E-state index contributed by atoms with van der Waals surface area (Å²) in [6.45, 7) is 7.44. The van der Waals surface area contributed by atoms with Crippen molar-refractivity contribution in [3.8, 4) is 11.1 Å². The molecule has 7 aromatic carbocycles. The Morgan fingerprint density at radius 2 is 0.935 bits per heavy atom. The van der Waals surface area contributed by atoms with E-state index in [1.165, 1.54) is 60.8 Å². The molecular formula is C45H38Zr-4. The summed E-state index contributed by atoms with van der Waals surface area (Å²) < 4.78 is 1.42. The number of benzene rings is 6. The SMILES string of the molecule is [CH2-]c1ccccc1.[CH2-]c1ccccc1.[Zr]=[C](c1ccccc1)c1ccccc1.[c-]1cccc2c1Cc1ccccc1-2.c1cc[cH-]c1. The fourth-order valence-corrected chi connectivity index (χ4v) is 5.47. The van der Waals surface area contributed by atoms with Crippen molar-refractivity contribution in [2.45, 2.75) is 6.42 Å². The first-order valence-electron chi connectivity index (χ1n) is 15.3. The Morgan fingerprint density at radius 1 is 0.500 bits per heavy atom. The molecule has 0 heterocycles. The van der Waals surface area contributed by atoms with Gasteiger partial charge in [0.25, 0.3) is 0 Å². The van der Waals surface area contributed by atoms with E-state index < -0.39 is 0 Å². The van der Waals surface area contributed by atoms with Crippen molar-refractivity contribution in [3.63, 3.8) is 0 Å². The van der Waals surface area contributed by atoms with Crippen LogP contribution in [0.15, 0.2) is 194 Å². The van der Waals surface area contributed by atoms with Crippen LogP contribution in [-0.4, -0.2) is 3.21 Å². The van der Waals surface area contributed by atoms with Crippen LogP contribution in [0.4, 0.5) is 0 Å². The molecule has 0 bridgehead atoms. The summed E-state index contributed by atoms with van der Waals surface area (Å²) in [6, 6.07) is 69.0. The van der Waals surface area contributed by atoms with Gasteiger partial charge in [-0.1, -0.05) is 47.5 Å². The molecule has 0 aromatic heterocycles. The quantitative estimate of drug-likeness (QED) is 0.161. The molecular weight excluding hydrogens is 632 g/mol. The van der Waals surface area contributed by atoms with Gasteiger partial charge >= 0.3 is 99.2 Å². The number of rotatable bonds is 2. The predicted molar refractivity (Wildman–Crippen MR) is 193 cm³/mol. The predicted octanol–water partition coefficient (Wildman–Crippen LogP) is 11.0. The number of fused-ring (bicyclic) bond motifs is 3. The second-order valence-corrected chi connectivity index (χ2v) is 11.7. The van der Waals surface area contributed by atoms with Crippen LogP contribution in [0.1, 0.15) is 33.4 Å². The third-order valence-corrected chi connectivity index (χ3v) is 8.40. The largest absolute Gasteiger partial charge is 0.214 e. The summed E-state index contributed by atoms with van der Waals surface area (Å²) in [5.74, 6) is 0. The Balaban J connectivity index is 0.000000138. The minimum Gasteiger partial charge on any atom is -0.214 e. The van der Waals surface area contributed by atoms with Gasteiger partial charge in [0.2, 0.25) is 0 Å². The van der Waals surface area contributed by atoms with Gasteiger partial charge in [0, 0.05) is 0 Å². The molecule has 0 N–H and O–H groups in total. The molecule has 1 aliphatic rings. The van der Waals surface area contributed by atoms with Crippen molar-refractivity contribution in [2.75, 3.05) is 0 Å². The topological polar surface area (TPSA) is 0 Å². The van der Waals surface area contributed by atoms with Crippen LogP contribution in [0, 0.1) is 19.9 Å². The maximum atomic E-state index is 3.72. The third-order valence-electron chi connectivity index (χ3n) is 6.98. The molecule has 0 radical (unpaired) electrons. The van der Waals surface area contributed by atoms with E-state index in [9.17, 15) is 0 Å². The Kier molecular flexibility index (Phi) is 14.5. The van der Waals surface area contributed by atoms with Crippen molar-refractivity contribution in [3.05, 3.63) is 247 Å². The van der Waals surface area contributed by atoms with Crippen LogP contribution >= 0.6 is 0 Å². The summed E-state index contributed by atoms with van der Waals surface area (Å²) in [4.78, 5) is 0. The maximum absolute atomic E-state index is 3.72. The number of hydrogen-bond acceptors (Lipinski definition) is 0. The Morgan fingerprint density at radius 3 is 1.37 bits per heavy atom. The van der Waals surface area contributed by atoms with Crippen molar-refractivity contribution in [1.29, 1.82) is 0 Å². The van der Waals surface area contributed by atoms with E-state index in [2.05, 4.69) is 117 Å². The molecule has 0 amide bonds. The summed E-state index contributed by atoms with van der Waals surface area (Å²) in [5, 5.41) is 0. The minimum atomic E-state index is 1.05. The molecule has 0 spiro atoms. The van der Waals surface area contributed by atoms with E-state index in [-0.39, 0.29) is 0 Å². The van der Waals surface area contributed by atoms with Crippen molar-refractivity contribution < 1.29 is 24.2 Å². The van der Waals surface area contributed by atoms with E-state index in [1.807, 2.05) is 97.1 Å². The van der Waals surface area contributed by atoms with Gasteiger partial charge in [-0.25, -0.2) is 12.1 Å². The molecule has 0 aliphatic heterocycles. The fourth-order valence-electron chi connectivity index (χ4n) is 4.65. The molecule has 8 rings (SSSR count). The second-order valence-electron chi connectivity index (χ2n) is 10.4. The van der Waals surface area contributed by atoms with Crippen LogP contribution in [0.3, 0.4) is 0 Å². The van der Waals surface area contributed by atoms with Crippen LogP contribution in [-0.2, 0) is 30.7 Å². The molecule has 0 saturated carbocycles. The minimum absolute atomic E-state index is 1.05.